The van der Waals surface area contributed by atoms with E-state index in [0.717, 1.165) is 6.42 Å². The maximum Gasteiger partial charge on any atom is 0.261 e. The highest BCUT2D eigenvalue weighted by atomic mass is 32.1. The number of hydrogen-bond donors (Lipinski definition) is 2. The summed E-state index contributed by atoms with van der Waals surface area (Å²) >= 11 is 5.18. The molecule has 0 fully saturated rings. The summed E-state index contributed by atoms with van der Waals surface area (Å²) in [6, 6.07) is 13.9. The van der Waals surface area contributed by atoms with Crippen LogP contribution in [0.25, 0.3) is 0 Å². The van der Waals surface area contributed by atoms with Crippen LogP contribution in [0.4, 0.5) is 5.69 Å². The molecular formula is C19H20N2O3S. The third-order valence-corrected chi connectivity index (χ3v) is 3.55. The van der Waals surface area contributed by atoms with Gasteiger partial charge in [0.25, 0.3) is 5.91 Å². The molecule has 130 valence electrons. The van der Waals surface area contributed by atoms with Crippen LogP contribution in [-0.2, 0) is 0 Å². The van der Waals surface area contributed by atoms with E-state index in [0.29, 0.717) is 29.2 Å². The zero-order valence-electron chi connectivity index (χ0n) is 14.2. The number of rotatable bonds is 6. The van der Waals surface area contributed by atoms with Crippen LogP contribution < -0.4 is 15.4 Å². The standard InChI is InChI=1S/C19H20N2O3S/c1-3-11-24-17-10-5-4-9-16(17)18(23)21-19(25)20-15-8-6-7-14(12-15)13(2)22/h4-10,12H,3,11H2,1-2H3,(H2,20,21,23,25). The molecule has 0 saturated carbocycles. The number of ether oxygens (including phenoxy) is 1. The topological polar surface area (TPSA) is 67.4 Å². The molecule has 6 heteroatoms. The number of ketones is 1. The molecule has 2 rings (SSSR count). The van der Waals surface area contributed by atoms with Gasteiger partial charge in [-0.3, -0.25) is 14.9 Å². The normalized spacial score (nSPS) is 10.0. The van der Waals surface area contributed by atoms with Gasteiger partial charge in [-0.05, 0) is 49.8 Å². The fourth-order valence-electron chi connectivity index (χ4n) is 2.14. The summed E-state index contributed by atoms with van der Waals surface area (Å²) in [7, 11) is 0. The van der Waals surface area contributed by atoms with E-state index in [4.69, 9.17) is 17.0 Å². The van der Waals surface area contributed by atoms with Gasteiger partial charge >= 0.3 is 0 Å². The van der Waals surface area contributed by atoms with Gasteiger partial charge < -0.3 is 10.1 Å². The zero-order chi connectivity index (χ0) is 18.2. The third kappa shape index (κ3) is 5.39. The van der Waals surface area contributed by atoms with Crippen LogP contribution in [0.3, 0.4) is 0 Å². The summed E-state index contributed by atoms with van der Waals surface area (Å²) in [6.45, 7) is 4.02. The van der Waals surface area contributed by atoms with Crippen LogP contribution in [0, 0.1) is 0 Å². The minimum Gasteiger partial charge on any atom is -0.493 e. The summed E-state index contributed by atoms with van der Waals surface area (Å²) in [5, 5.41) is 5.68. The molecule has 0 heterocycles. The monoisotopic (exact) mass is 356 g/mol. The molecule has 2 aromatic rings. The molecule has 0 unspecified atom stereocenters. The van der Waals surface area contributed by atoms with E-state index in [-0.39, 0.29) is 16.8 Å². The average Bonchev–Trinajstić information content (AvgIpc) is 2.60. The zero-order valence-corrected chi connectivity index (χ0v) is 15.0. The number of hydrogen-bond acceptors (Lipinski definition) is 4. The SMILES string of the molecule is CCCOc1ccccc1C(=O)NC(=S)Nc1cccc(C(C)=O)c1. The van der Waals surface area contributed by atoms with Gasteiger partial charge in [-0.25, -0.2) is 0 Å². The van der Waals surface area contributed by atoms with E-state index in [9.17, 15) is 9.59 Å². The summed E-state index contributed by atoms with van der Waals surface area (Å²) in [5.74, 6) is 0.121. The molecule has 0 aliphatic carbocycles. The van der Waals surface area contributed by atoms with Crippen LogP contribution in [-0.4, -0.2) is 23.4 Å². The van der Waals surface area contributed by atoms with Gasteiger partial charge in [-0.1, -0.05) is 31.2 Å². The van der Waals surface area contributed by atoms with Gasteiger partial charge in [0.1, 0.15) is 5.75 Å². The Kier molecular flexibility index (Phi) is 6.65. The van der Waals surface area contributed by atoms with Crippen molar-refractivity contribution in [2.45, 2.75) is 20.3 Å². The molecule has 0 aromatic heterocycles. The Hall–Kier alpha value is -2.73. The predicted molar refractivity (Wildman–Crippen MR) is 102 cm³/mol. The summed E-state index contributed by atoms with van der Waals surface area (Å²) in [4.78, 5) is 23.9. The molecule has 0 bridgehead atoms. The molecule has 1 amide bonds. The van der Waals surface area contributed by atoms with Crippen molar-refractivity contribution in [2.24, 2.45) is 0 Å². The number of carbonyl (C=O) groups excluding carboxylic acids is 2. The highest BCUT2D eigenvalue weighted by Gasteiger charge is 2.13. The van der Waals surface area contributed by atoms with Crippen molar-refractivity contribution in [3.63, 3.8) is 0 Å². The predicted octanol–water partition coefficient (Wildman–Crippen LogP) is 3.80. The van der Waals surface area contributed by atoms with Crippen LogP contribution in [0.5, 0.6) is 5.75 Å². The minimum absolute atomic E-state index is 0.0411. The van der Waals surface area contributed by atoms with Crippen molar-refractivity contribution >= 4 is 34.7 Å². The highest BCUT2D eigenvalue weighted by molar-refractivity contribution is 7.80. The largest absolute Gasteiger partial charge is 0.493 e. The number of nitrogens with one attached hydrogen (secondary N) is 2. The van der Waals surface area contributed by atoms with Gasteiger partial charge in [-0.15, -0.1) is 0 Å². The van der Waals surface area contributed by atoms with Crippen molar-refractivity contribution in [1.82, 2.24) is 5.32 Å². The van der Waals surface area contributed by atoms with Gasteiger partial charge in [0.05, 0.1) is 12.2 Å². The summed E-state index contributed by atoms with van der Waals surface area (Å²) in [5.41, 5.74) is 1.61. The average molecular weight is 356 g/mol. The molecule has 2 aromatic carbocycles. The second kappa shape index (κ2) is 8.94. The third-order valence-electron chi connectivity index (χ3n) is 3.35. The Morgan fingerprint density at radius 1 is 1.12 bits per heavy atom. The molecule has 0 radical (unpaired) electrons. The maximum absolute atomic E-state index is 12.4. The van der Waals surface area contributed by atoms with Gasteiger partial charge in [0.15, 0.2) is 10.9 Å². The van der Waals surface area contributed by atoms with E-state index in [2.05, 4.69) is 10.6 Å². The van der Waals surface area contributed by atoms with Crippen LogP contribution in [0.2, 0.25) is 0 Å². The molecule has 2 N–H and O–H groups in total. The Morgan fingerprint density at radius 3 is 2.60 bits per heavy atom. The Balaban J connectivity index is 2.04. The Bertz CT molecular complexity index is 790. The van der Waals surface area contributed by atoms with Crippen molar-refractivity contribution in [3.8, 4) is 5.75 Å². The fraction of sp³-hybridized carbons (Fsp3) is 0.211. The summed E-state index contributed by atoms with van der Waals surface area (Å²) in [6.07, 6.45) is 0.850. The highest BCUT2D eigenvalue weighted by Crippen LogP contribution is 2.18. The van der Waals surface area contributed by atoms with Crippen LogP contribution in [0.1, 0.15) is 41.0 Å². The number of amides is 1. The number of benzene rings is 2. The van der Waals surface area contributed by atoms with Gasteiger partial charge in [0, 0.05) is 11.3 Å². The van der Waals surface area contributed by atoms with Crippen LogP contribution >= 0.6 is 12.2 Å². The van der Waals surface area contributed by atoms with E-state index >= 15 is 0 Å². The first-order valence-corrected chi connectivity index (χ1v) is 8.37. The van der Waals surface area contributed by atoms with Crippen molar-refractivity contribution < 1.29 is 14.3 Å². The maximum atomic E-state index is 12.4. The van der Waals surface area contributed by atoms with Crippen molar-refractivity contribution in [3.05, 3.63) is 59.7 Å². The van der Waals surface area contributed by atoms with E-state index in [1.807, 2.05) is 13.0 Å². The molecule has 0 spiro atoms. The first kappa shape index (κ1) is 18.6. The number of para-hydroxylation sites is 1. The second-order valence-corrected chi connectivity index (χ2v) is 5.80. The van der Waals surface area contributed by atoms with E-state index in [1.54, 1.807) is 42.5 Å². The number of Topliss-reactive ketones (excluding diaryl/α,β-unsaturated/α-hetero) is 1. The second-order valence-electron chi connectivity index (χ2n) is 5.39. The van der Waals surface area contributed by atoms with E-state index in [1.165, 1.54) is 6.92 Å². The first-order valence-electron chi connectivity index (χ1n) is 7.96. The molecule has 25 heavy (non-hydrogen) atoms. The molecule has 0 aliphatic rings. The lowest BCUT2D eigenvalue weighted by molar-refractivity contribution is 0.0972. The van der Waals surface area contributed by atoms with Crippen molar-refractivity contribution in [2.75, 3.05) is 11.9 Å². The summed E-state index contributed by atoms with van der Waals surface area (Å²) < 4.78 is 5.59. The molecule has 0 saturated heterocycles. The fourth-order valence-corrected chi connectivity index (χ4v) is 2.35. The molecule has 0 atom stereocenters. The molecule has 0 aliphatic heterocycles. The lowest BCUT2D eigenvalue weighted by atomic mass is 10.1. The molecule has 5 nitrogen and oxygen atoms in total. The van der Waals surface area contributed by atoms with Crippen molar-refractivity contribution in [1.29, 1.82) is 0 Å². The van der Waals surface area contributed by atoms with Gasteiger partial charge in [-0.2, -0.15) is 0 Å². The smallest absolute Gasteiger partial charge is 0.261 e. The number of carbonyl (C=O) groups is 2. The lowest BCUT2D eigenvalue weighted by Crippen LogP contribution is -2.34. The minimum atomic E-state index is -0.355. The van der Waals surface area contributed by atoms with Crippen LogP contribution in [0.15, 0.2) is 48.5 Å². The molecular weight excluding hydrogens is 336 g/mol. The first-order chi connectivity index (χ1) is 12.0. The van der Waals surface area contributed by atoms with E-state index < -0.39 is 0 Å². The number of anilines is 1. The number of thiocarbonyl (C=S) groups is 1. The van der Waals surface area contributed by atoms with Gasteiger partial charge in [0.2, 0.25) is 0 Å². The quantitative estimate of drug-likeness (QED) is 0.609. The Morgan fingerprint density at radius 2 is 1.88 bits per heavy atom. The Labute approximate surface area is 152 Å². The lowest BCUT2D eigenvalue weighted by Gasteiger charge is -2.13.